The van der Waals surface area contributed by atoms with Crippen LogP contribution < -0.4 is 0 Å². The van der Waals surface area contributed by atoms with Gasteiger partial charge in [-0.3, -0.25) is 4.90 Å². The molecule has 0 saturated carbocycles. The maximum Gasteiger partial charge on any atom is 0.357 e. The number of rotatable bonds is 7. The summed E-state index contributed by atoms with van der Waals surface area (Å²) in [6, 6.07) is 32.5. The number of hydroxylamine groups is 2. The largest absolute Gasteiger partial charge is 0.364 e. The van der Waals surface area contributed by atoms with Crippen molar-refractivity contribution in [3.8, 4) is 31.6 Å². The smallest absolute Gasteiger partial charge is 0.357 e. The molecule has 2 aromatic heterocycles. The molecule has 5 nitrogen and oxygen atoms in total. The van der Waals surface area contributed by atoms with Gasteiger partial charge in [0.05, 0.1) is 16.1 Å². The van der Waals surface area contributed by atoms with Crippen LogP contribution in [0.5, 0.6) is 0 Å². The highest BCUT2D eigenvalue weighted by Gasteiger charge is 2.22. The Balaban J connectivity index is 1.10. The first-order chi connectivity index (χ1) is 18.7. The Bertz CT molecular complexity index is 1510. The molecular weight excluding hydrogens is 510 g/mol. The van der Waals surface area contributed by atoms with E-state index in [4.69, 9.17) is 9.82 Å². The van der Waals surface area contributed by atoms with E-state index in [0.717, 1.165) is 35.9 Å². The second-order valence-corrected chi connectivity index (χ2v) is 11.1. The van der Waals surface area contributed by atoms with Crippen molar-refractivity contribution < 1.29 is 9.63 Å². The molecule has 5 aromatic rings. The van der Waals surface area contributed by atoms with Crippen LogP contribution in [0.15, 0.2) is 102 Å². The first-order valence-electron chi connectivity index (χ1n) is 12.7. The Labute approximate surface area is 230 Å². The monoisotopic (exact) mass is 537 g/mol. The van der Waals surface area contributed by atoms with Gasteiger partial charge in [-0.15, -0.1) is 27.7 Å². The number of thiophene rings is 1. The minimum absolute atomic E-state index is 0.297. The lowest BCUT2D eigenvalue weighted by atomic mass is 10.1. The quantitative estimate of drug-likeness (QED) is 0.222. The number of carbonyl (C=O) groups is 1. The molecule has 3 heterocycles. The lowest BCUT2D eigenvalue weighted by Gasteiger charge is -2.33. The third-order valence-corrected chi connectivity index (χ3v) is 8.75. The van der Waals surface area contributed by atoms with Crippen LogP contribution in [0.3, 0.4) is 0 Å². The predicted molar refractivity (Wildman–Crippen MR) is 155 cm³/mol. The molecule has 3 aromatic carbocycles. The SMILES string of the molecule is O=C(ON1CCN(Cc2ccccc2-c2ccc(-c3nc(-c4ccccc4)cs3)s2)CC1)c1ccccc1. The summed E-state index contributed by atoms with van der Waals surface area (Å²) >= 11 is 3.48. The van der Waals surface area contributed by atoms with Gasteiger partial charge < -0.3 is 4.84 Å². The highest BCUT2D eigenvalue weighted by molar-refractivity contribution is 7.23. The normalized spacial score (nSPS) is 14.4. The van der Waals surface area contributed by atoms with E-state index in [1.54, 1.807) is 39.9 Å². The van der Waals surface area contributed by atoms with Crippen molar-refractivity contribution in [2.75, 3.05) is 26.2 Å². The number of carbonyl (C=O) groups excluding carboxylic acids is 1. The maximum absolute atomic E-state index is 12.4. The third kappa shape index (κ3) is 5.61. The molecule has 0 atom stereocenters. The van der Waals surface area contributed by atoms with Crippen LogP contribution in [0.4, 0.5) is 0 Å². The molecule has 0 radical (unpaired) electrons. The molecule has 0 spiro atoms. The minimum atomic E-state index is -0.297. The van der Waals surface area contributed by atoms with E-state index >= 15 is 0 Å². The Morgan fingerprint density at radius 3 is 2.26 bits per heavy atom. The Kier molecular flexibility index (Phi) is 7.42. The van der Waals surface area contributed by atoms with E-state index < -0.39 is 0 Å². The summed E-state index contributed by atoms with van der Waals surface area (Å²) in [5.74, 6) is -0.297. The topological polar surface area (TPSA) is 45.7 Å². The molecule has 7 heteroatoms. The Morgan fingerprint density at radius 1 is 0.789 bits per heavy atom. The number of nitrogens with zero attached hydrogens (tertiary/aromatic N) is 3. The zero-order chi connectivity index (χ0) is 25.7. The van der Waals surface area contributed by atoms with Gasteiger partial charge in [-0.1, -0.05) is 72.8 Å². The molecule has 1 aliphatic rings. The van der Waals surface area contributed by atoms with Crippen LogP contribution in [-0.4, -0.2) is 47.1 Å². The summed E-state index contributed by atoms with van der Waals surface area (Å²) in [6.45, 7) is 3.93. The van der Waals surface area contributed by atoms with Crippen LogP contribution in [0.1, 0.15) is 15.9 Å². The van der Waals surface area contributed by atoms with Crippen molar-refractivity contribution in [1.29, 1.82) is 0 Å². The highest BCUT2D eigenvalue weighted by atomic mass is 32.1. The number of thiazole rings is 1. The van der Waals surface area contributed by atoms with Gasteiger partial charge in [-0.05, 0) is 35.4 Å². The van der Waals surface area contributed by atoms with E-state index in [9.17, 15) is 4.79 Å². The molecule has 0 N–H and O–H groups in total. The second kappa shape index (κ2) is 11.4. The van der Waals surface area contributed by atoms with Crippen LogP contribution in [0.2, 0.25) is 0 Å². The molecule has 0 aliphatic carbocycles. The van der Waals surface area contributed by atoms with Crippen LogP contribution in [0.25, 0.3) is 31.6 Å². The average molecular weight is 538 g/mol. The molecule has 0 amide bonds. The number of hydrogen-bond acceptors (Lipinski definition) is 7. The van der Waals surface area contributed by atoms with Crippen molar-refractivity contribution in [3.63, 3.8) is 0 Å². The van der Waals surface area contributed by atoms with E-state index in [1.807, 2.05) is 36.4 Å². The summed E-state index contributed by atoms with van der Waals surface area (Å²) in [5.41, 5.74) is 5.32. The number of piperazine rings is 1. The summed E-state index contributed by atoms with van der Waals surface area (Å²) in [7, 11) is 0. The van der Waals surface area contributed by atoms with Gasteiger partial charge in [-0.2, -0.15) is 0 Å². The van der Waals surface area contributed by atoms with Gasteiger partial charge in [0.25, 0.3) is 0 Å². The molecule has 38 heavy (non-hydrogen) atoms. The molecular formula is C31H27N3O2S2. The average Bonchev–Trinajstić information content (AvgIpc) is 3.66. The number of hydrogen-bond donors (Lipinski definition) is 0. The Hall–Kier alpha value is -3.62. The fourth-order valence-electron chi connectivity index (χ4n) is 4.59. The van der Waals surface area contributed by atoms with Crippen LogP contribution in [0, 0.1) is 0 Å². The van der Waals surface area contributed by atoms with Gasteiger partial charge >= 0.3 is 5.97 Å². The zero-order valence-electron chi connectivity index (χ0n) is 20.8. The van der Waals surface area contributed by atoms with Crippen molar-refractivity contribution in [1.82, 2.24) is 14.9 Å². The summed E-state index contributed by atoms with van der Waals surface area (Å²) in [4.78, 5) is 27.8. The number of benzene rings is 3. The molecule has 6 rings (SSSR count). The summed E-state index contributed by atoms with van der Waals surface area (Å²) < 4.78 is 0. The molecule has 1 fully saturated rings. The lowest BCUT2D eigenvalue weighted by Crippen LogP contribution is -2.46. The standard InChI is InChI=1S/C31H27N3O2S2/c35-31(24-11-5-2-6-12-24)36-34-19-17-33(18-20-34)21-25-13-7-8-14-26(25)28-15-16-29(38-28)30-32-27(22-37-30)23-9-3-1-4-10-23/h1-16,22H,17-21H2. The highest BCUT2D eigenvalue weighted by Crippen LogP contribution is 2.38. The number of aromatic nitrogens is 1. The van der Waals surface area contributed by atoms with Crippen molar-refractivity contribution in [2.24, 2.45) is 0 Å². The van der Waals surface area contributed by atoms with Crippen molar-refractivity contribution in [3.05, 3.63) is 114 Å². The van der Waals surface area contributed by atoms with Gasteiger partial charge in [0, 0.05) is 48.5 Å². The minimum Gasteiger partial charge on any atom is -0.364 e. The molecule has 1 aliphatic heterocycles. The first-order valence-corrected chi connectivity index (χ1v) is 14.4. The summed E-state index contributed by atoms with van der Waals surface area (Å²) in [5, 5.41) is 4.97. The zero-order valence-corrected chi connectivity index (χ0v) is 22.5. The van der Waals surface area contributed by atoms with Crippen LogP contribution in [-0.2, 0) is 11.4 Å². The van der Waals surface area contributed by atoms with E-state index in [2.05, 4.69) is 58.8 Å². The maximum atomic E-state index is 12.4. The van der Waals surface area contributed by atoms with E-state index in [0.29, 0.717) is 18.7 Å². The van der Waals surface area contributed by atoms with E-state index in [1.165, 1.54) is 20.9 Å². The lowest BCUT2D eigenvalue weighted by molar-refractivity contribution is -0.130. The fraction of sp³-hybridized carbons (Fsp3) is 0.161. The second-order valence-electron chi connectivity index (χ2n) is 9.17. The Morgan fingerprint density at radius 2 is 1.47 bits per heavy atom. The van der Waals surface area contributed by atoms with Crippen LogP contribution >= 0.6 is 22.7 Å². The van der Waals surface area contributed by atoms with Gasteiger partial charge in [0.2, 0.25) is 0 Å². The third-order valence-electron chi connectivity index (χ3n) is 6.62. The van der Waals surface area contributed by atoms with Gasteiger partial charge in [0.15, 0.2) is 0 Å². The summed E-state index contributed by atoms with van der Waals surface area (Å²) in [6.07, 6.45) is 0. The first kappa shape index (κ1) is 24.7. The van der Waals surface area contributed by atoms with E-state index in [-0.39, 0.29) is 5.97 Å². The molecule has 190 valence electrons. The predicted octanol–water partition coefficient (Wildman–Crippen LogP) is 7.10. The van der Waals surface area contributed by atoms with Gasteiger partial charge in [0.1, 0.15) is 5.01 Å². The molecule has 1 saturated heterocycles. The molecule has 0 unspecified atom stereocenters. The van der Waals surface area contributed by atoms with Gasteiger partial charge in [-0.25, -0.2) is 9.78 Å². The molecule has 0 bridgehead atoms. The fourth-order valence-corrected chi connectivity index (χ4v) is 6.56. The van der Waals surface area contributed by atoms with Crippen molar-refractivity contribution >= 4 is 28.6 Å². The van der Waals surface area contributed by atoms with Crippen molar-refractivity contribution in [2.45, 2.75) is 6.54 Å².